The van der Waals surface area contributed by atoms with E-state index < -0.39 is 0 Å². The third kappa shape index (κ3) is 2.48. The van der Waals surface area contributed by atoms with Gasteiger partial charge in [0.2, 0.25) is 0 Å². The van der Waals surface area contributed by atoms with Crippen LogP contribution < -0.4 is 0 Å². The van der Waals surface area contributed by atoms with Gasteiger partial charge in [-0.3, -0.25) is 4.79 Å². The van der Waals surface area contributed by atoms with Crippen molar-refractivity contribution in [1.82, 2.24) is 9.55 Å². The molecule has 5 heteroatoms. The molecule has 96 valence electrons. The molecular weight excluding hydrogens is 252 g/mol. The molecule has 1 heterocycles. The highest BCUT2D eigenvalue weighted by molar-refractivity contribution is 6.31. The molecule has 1 aromatic carbocycles. The summed E-state index contributed by atoms with van der Waals surface area (Å²) in [6.45, 7) is 4.95. The fourth-order valence-electron chi connectivity index (χ4n) is 1.98. The highest BCUT2D eigenvalue weighted by Crippen LogP contribution is 2.21. The summed E-state index contributed by atoms with van der Waals surface area (Å²) in [7, 11) is 0. The molecular formula is C13H15ClN2O2. The zero-order valence-electron chi connectivity index (χ0n) is 10.4. The van der Waals surface area contributed by atoms with Crippen molar-refractivity contribution >= 4 is 28.6 Å². The van der Waals surface area contributed by atoms with Gasteiger partial charge in [0.05, 0.1) is 17.6 Å². The number of hydrogen-bond donors (Lipinski definition) is 0. The smallest absolute Gasteiger partial charge is 0.313 e. The Hall–Kier alpha value is -1.55. The zero-order chi connectivity index (χ0) is 13.1. The minimum absolute atomic E-state index is 0.188. The summed E-state index contributed by atoms with van der Waals surface area (Å²) in [5.41, 5.74) is 1.80. The van der Waals surface area contributed by atoms with Crippen LogP contribution in [0, 0.1) is 0 Å². The first-order valence-electron chi connectivity index (χ1n) is 5.96. The van der Waals surface area contributed by atoms with Gasteiger partial charge in [0.25, 0.3) is 0 Å². The van der Waals surface area contributed by atoms with Crippen molar-refractivity contribution in [3.05, 3.63) is 29.0 Å². The molecule has 18 heavy (non-hydrogen) atoms. The Bertz CT molecular complexity index is 578. The van der Waals surface area contributed by atoms with Crippen LogP contribution in [-0.2, 0) is 22.5 Å². The maximum Gasteiger partial charge on any atom is 0.313 e. The number of halogens is 1. The first-order valence-corrected chi connectivity index (χ1v) is 6.33. The van der Waals surface area contributed by atoms with Crippen LogP contribution >= 0.6 is 11.6 Å². The number of fused-ring (bicyclic) bond motifs is 1. The minimum atomic E-state index is -0.256. The largest absolute Gasteiger partial charge is 0.466 e. The van der Waals surface area contributed by atoms with Crippen molar-refractivity contribution in [1.29, 1.82) is 0 Å². The first kappa shape index (κ1) is 12.9. The molecule has 0 bridgehead atoms. The molecule has 0 atom stereocenters. The molecule has 4 nitrogen and oxygen atoms in total. The van der Waals surface area contributed by atoms with Crippen molar-refractivity contribution < 1.29 is 9.53 Å². The number of aromatic nitrogens is 2. The predicted octanol–water partition coefficient (Wildman–Crippen LogP) is 2.82. The van der Waals surface area contributed by atoms with Gasteiger partial charge in [-0.25, -0.2) is 4.98 Å². The second-order valence-corrected chi connectivity index (χ2v) is 4.32. The van der Waals surface area contributed by atoms with Gasteiger partial charge in [-0.05, 0) is 32.0 Å². The van der Waals surface area contributed by atoms with E-state index in [0.29, 0.717) is 17.5 Å². The average molecular weight is 267 g/mol. The van der Waals surface area contributed by atoms with Crippen molar-refractivity contribution in [2.75, 3.05) is 6.61 Å². The van der Waals surface area contributed by atoms with Gasteiger partial charge in [0.1, 0.15) is 12.2 Å². The third-order valence-corrected chi connectivity index (χ3v) is 2.95. The maximum absolute atomic E-state index is 11.5. The lowest BCUT2D eigenvalue weighted by Crippen LogP contribution is -2.12. The summed E-state index contributed by atoms with van der Waals surface area (Å²) in [4.78, 5) is 16.0. The predicted molar refractivity (Wildman–Crippen MR) is 70.8 cm³/mol. The van der Waals surface area contributed by atoms with E-state index in [1.165, 1.54) is 0 Å². The van der Waals surface area contributed by atoms with Crippen LogP contribution in [0.1, 0.15) is 19.7 Å². The van der Waals surface area contributed by atoms with E-state index in [9.17, 15) is 4.79 Å². The Kier molecular flexibility index (Phi) is 3.87. The van der Waals surface area contributed by atoms with E-state index in [2.05, 4.69) is 4.98 Å². The Morgan fingerprint density at radius 2 is 2.22 bits per heavy atom. The molecule has 0 unspecified atom stereocenters. The molecule has 2 aromatic rings. The van der Waals surface area contributed by atoms with E-state index in [-0.39, 0.29) is 12.4 Å². The van der Waals surface area contributed by atoms with Gasteiger partial charge >= 0.3 is 5.97 Å². The van der Waals surface area contributed by atoms with Crippen LogP contribution in [0.25, 0.3) is 11.0 Å². The van der Waals surface area contributed by atoms with Crippen LogP contribution in [0.4, 0.5) is 0 Å². The molecule has 0 fully saturated rings. The number of carbonyl (C=O) groups is 1. The Labute approximate surface area is 111 Å². The first-order chi connectivity index (χ1) is 8.65. The van der Waals surface area contributed by atoms with Crippen LogP contribution in [0.5, 0.6) is 0 Å². The minimum Gasteiger partial charge on any atom is -0.466 e. The number of carbonyl (C=O) groups excluding carboxylic acids is 1. The SMILES string of the molecule is CCOC(=O)Cc1nc2cc(Cl)ccc2n1CC. The van der Waals surface area contributed by atoms with Crippen molar-refractivity contribution in [3.8, 4) is 0 Å². The van der Waals surface area contributed by atoms with Gasteiger partial charge < -0.3 is 9.30 Å². The number of ether oxygens (including phenoxy) is 1. The van der Waals surface area contributed by atoms with E-state index in [1.54, 1.807) is 13.0 Å². The Balaban J connectivity index is 2.40. The van der Waals surface area contributed by atoms with Crippen LogP contribution in [0.15, 0.2) is 18.2 Å². The van der Waals surface area contributed by atoms with Gasteiger partial charge in [-0.1, -0.05) is 11.6 Å². The standard InChI is InChI=1S/C13H15ClN2O2/c1-3-16-11-6-5-9(14)7-10(11)15-12(16)8-13(17)18-4-2/h5-7H,3-4,8H2,1-2H3. The van der Waals surface area contributed by atoms with Gasteiger partial charge in [0, 0.05) is 11.6 Å². The van der Waals surface area contributed by atoms with Gasteiger partial charge in [-0.2, -0.15) is 0 Å². The van der Waals surface area contributed by atoms with Crippen molar-refractivity contribution in [3.63, 3.8) is 0 Å². The molecule has 1 aromatic heterocycles. The lowest BCUT2D eigenvalue weighted by Gasteiger charge is -2.05. The number of esters is 1. The van der Waals surface area contributed by atoms with Crippen molar-refractivity contribution in [2.45, 2.75) is 26.8 Å². The van der Waals surface area contributed by atoms with E-state index >= 15 is 0 Å². The van der Waals surface area contributed by atoms with E-state index in [4.69, 9.17) is 16.3 Å². The second-order valence-electron chi connectivity index (χ2n) is 3.89. The molecule has 0 aliphatic heterocycles. The normalized spacial score (nSPS) is 10.8. The number of nitrogens with zero attached hydrogens (tertiary/aromatic N) is 2. The number of benzene rings is 1. The lowest BCUT2D eigenvalue weighted by atomic mass is 10.3. The fourth-order valence-corrected chi connectivity index (χ4v) is 2.15. The lowest BCUT2D eigenvalue weighted by molar-refractivity contribution is -0.142. The summed E-state index contributed by atoms with van der Waals surface area (Å²) >= 11 is 5.94. The molecule has 2 rings (SSSR count). The van der Waals surface area contributed by atoms with Crippen LogP contribution in [0.2, 0.25) is 5.02 Å². The summed E-state index contributed by atoms with van der Waals surface area (Å²) in [6.07, 6.45) is 0.188. The highest BCUT2D eigenvalue weighted by atomic mass is 35.5. The quantitative estimate of drug-likeness (QED) is 0.800. The van der Waals surface area contributed by atoms with Crippen LogP contribution in [-0.4, -0.2) is 22.1 Å². The van der Waals surface area contributed by atoms with Gasteiger partial charge in [0.15, 0.2) is 0 Å². The monoisotopic (exact) mass is 266 g/mol. The van der Waals surface area contributed by atoms with Crippen molar-refractivity contribution in [2.24, 2.45) is 0 Å². The molecule has 0 amide bonds. The van der Waals surface area contributed by atoms with E-state index in [1.807, 2.05) is 23.6 Å². The molecule has 0 radical (unpaired) electrons. The third-order valence-electron chi connectivity index (χ3n) is 2.71. The average Bonchev–Trinajstić information content (AvgIpc) is 2.65. The Morgan fingerprint density at radius 1 is 1.44 bits per heavy atom. The number of aryl methyl sites for hydroxylation is 1. The second kappa shape index (κ2) is 5.40. The molecule has 0 N–H and O–H groups in total. The molecule has 0 spiro atoms. The summed E-state index contributed by atoms with van der Waals surface area (Å²) in [6, 6.07) is 5.55. The van der Waals surface area contributed by atoms with Gasteiger partial charge in [-0.15, -0.1) is 0 Å². The maximum atomic E-state index is 11.5. The molecule has 0 aliphatic rings. The number of hydrogen-bond acceptors (Lipinski definition) is 3. The number of rotatable bonds is 4. The molecule has 0 saturated heterocycles. The topological polar surface area (TPSA) is 44.1 Å². The summed E-state index contributed by atoms with van der Waals surface area (Å²) < 4.78 is 6.95. The van der Waals surface area contributed by atoms with Crippen LogP contribution in [0.3, 0.4) is 0 Å². The summed E-state index contributed by atoms with van der Waals surface area (Å²) in [5, 5.41) is 0.644. The molecule has 0 aliphatic carbocycles. The number of imidazole rings is 1. The highest BCUT2D eigenvalue weighted by Gasteiger charge is 2.13. The fraction of sp³-hybridized carbons (Fsp3) is 0.385. The summed E-state index contributed by atoms with van der Waals surface area (Å²) in [5.74, 6) is 0.460. The zero-order valence-corrected chi connectivity index (χ0v) is 11.2. The van der Waals surface area contributed by atoms with E-state index in [0.717, 1.165) is 17.6 Å². The molecule has 0 saturated carbocycles. The Morgan fingerprint density at radius 3 is 2.89 bits per heavy atom.